The van der Waals surface area contributed by atoms with Crippen LogP contribution in [0, 0.1) is 24.4 Å². The maximum absolute atomic E-state index is 14.2. The molecule has 0 saturated heterocycles. The molecular formula is C32H26F3N3O2. The number of carbonyl (C=O) groups excluding carboxylic acids is 2. The van der Waals surface area contributed by atoms with Crippen molar-refractivity contribution in [3.63, 3.8) is 0 Å². The molecule has 0 aliphatic carbocycles. The SMILES string of the molecule is Cc1ccc2ccn(CC(=O)C[C@@H](Cc3cc(F)cc(F)c3)c3ncccc3-c3ccc(F)c(C(N)=O)c3)c2c1. The van der Waals surface area contributed by atoms with Crippen LogP contribution >= 0.6 is 0 Å². The molecule has 0 aliphatic rings. The second-order valence-corrected chi connectivity index (χ2v) is 9.92. The Balaban J connectivity index is 1.53. The number of hydrogen-bond donors (Lipinski definition) is 1. The Morgan fingerprint density at radius 2 is 1.73 bits per heavy atom. The number of ketones is 1. The number of amides is 1. The molecule has 202 valence electrons. The maximum atomic E-state index is 14.2. The van der Waals surface area contributed by atoms with Gasteiger partial charge in [-0.1, -0.05) is 24.3 Å². The van der Waals surface area contributed by atoms with Gasteiger partial charge in [-0.15, -0.1) is 0 Å². The van der Waals surface area contributed by atoms with Gasteiger partial charge in [-0.2, -0.15) is 0 Å². The van der Waals surface area contributed by atoms with Crippen molar-refractivity contribution in [1.82, 2.24) is 9.55 Å². The summed E-state index contributed by atoms with van der Waals surface area (Å²) in [5, 5.41) is 1.01. The van der Waals surface area contributed by atoms with Gasteiger partial charge in [-0.25, -0.2) is 13.2 Å². The average molecular weight is 542 g/mol. The summed E-state index contributed by atoms with van der Waals surface area (Å²) in [6.07, 6.45) is 3.57. The van der Waals surface area contributed by atoms with Crippen molar-refractivity contribution in [2.75, 3.05) is 0 Å². The zero-order chi connectivity index (χ0) is 28.4. The highest BCUT2D eigenvalue weighted by molar-refractivity contribution is 5.94. The Hall–Kier alpha value is -4.72. The van der Waals surface area contributed by atoms with Gasteiger partial charge in [-0.05, 0) is 77.9 Å². The van der Waals surface area contributed by atoms with E-state index in [0.717, 1.165) is 28.6 Å². The number of fused-ring (bicyclic) bond motifs is 1. The lowest BCUT2D eigenvalue weighted by molar-refractivity contribution is -0.120. The highest BCUT2D eigenvalue weighted by Crippen LogP contribution is 2.33. The van der Waals surface area contributed by atoms with E-state index in [2.05, 4.69) is 4.98 Å². The minimum absolute atomic E-state index is 0.0253. The first-order valence-electron chi connectivity index (χ1n) is 12.7. The topological polar surface area (TPSA) is 78.0 Å². The second kappa shape index (κ2) is 11.2. The minimum atomic E-state index is -0.916. The van der Waals surface area contributed by atoms with Crippen LogP contribution in [0.15, 0.2) is 85.2 Å². The van der Waals surface area contributed by atoms with Crippen LogP contribution in [0.2, 0.25) is 0 Å². The fraction of sp³-hybridized carbons (Fsp3) is 0.156. The molecule has 3 aromatic carbocycles. The van der Waals surface area contributed by atoms with E-state index in [-0.39, 0.29) is 30.7 Å². The highest BCUT2D eigenvalue weighted by Gasteiger charge is 2.23. The number of aryl methyl sites for hydroxylation is 1. The van der Waals surface area contributed by atoms with E-state index >= 15 is 0 Å². The first-order chi connectivity index (χ1) is 19.2. The van der Waals surface area contributed by atoms with Crippen molar-refractivity contribution in [2.45, 2.75) is 32.2 Å². The van der Waals surface area contributed by atoms with Gasteiger partial charge < -0.3 is 10.3 Å². The largest absolute Gasteiger partial charge is 0.366 e. The van der Waals surface area contributed by atoms with Gasteiger partial charge in [0, 0.05) is 41.9 Å². The predicted molar refractivity (Wildman–Crippen MR) is 147 cm³/mol. The van der Waals surface area contributed by atoms with E-state index in [0.29, 0.717) is 22.4 Å². The number of halogens is 3. The van der Waals surface area contributed by atoms with Crippen LogP contribution < -0.4 is 5.73 Å². The summed E-state index contributed by atoms with van der Waals surface area (Å²) in [5.74, 6) is -3.79. The van der Waals surface area contributed by atoms with Crippen LogP contribution in [0.4, 0.5) is 13.2 Å². The fourth-order valence-electron chi connectivity index (χ4n) is 5.11. The third-order valence-electron chi connectivity index (χ3n) is 6.92. The van der Waals surface area contributed by atoms with Gasteiger partial charge in [-0.3, -0.25) is 14.6 Å². The number of primary amides is 1. The molecule has 0 radical (unpaired) electrons. The quantitative estimate of drug-likeness (QED) is 0.231. The van der Waals surface area contributed by atoms with E-state index in [4.69, 9.17) is 5.73 Å². The molecule has 0 fully saturated rings. The summed E-state index contributed by atoms with van der Waals surface area (Å²) >= 11 is 0. The predicted octanol–water partition coefficient (Wildman–Crippen LogP) is 6.51. The molecule has 8 heteroatoms. The molecule has 1 amide bonds. The molecular weight excluding hydrogens is 515 g/mol. The van der Waals surface area contributed by atoms with Crippen LogP contribution in [0.1, 0.15) is 39.5 Å². The molecule has 0 unspecified atom stereocenters. The zero-order valence-electron chi connectivity index (χ0n) is 21.7. The molecule has 40 heavy (non-hydrogen) atoms. The van der Waals surface area contributed by atoms with Crippen molar-refractivity contribution in [3.8, 4) is 11.1 Å². The van der Waals surface area contributed by atoms with E-state index in [1.54, 1.807) is 18.3 Å². The molecule has 0 aliphatic heterocycles. The van der Waals surface area contributed by atoms with Crippen molar-refractivity contribution >= 4 is 22.6 Å². The van der Waals surface area contributed by atoms with Gasteiger partial charge in [0.05, 0.1) is 17.8 Å². The Morgan fingerprint density at radius 1 is 0.950 bits per heavy atom. The Kier molecular flexibility index (Phi) is 7.51. The Morgan fingerprint density at radius 3 is 2.48 bits per heavy atom. The van der Waals surface area contributed by atoms with Crippen LogP contribution in [-0.4, -0.2) is 21.2 Å². The maximum Gasteiger partial charge on any atom is 0.251 e. The molecule has 5 nitrogen and oxygen atoms in total. The standard InChI is InChI=1S/C32H26F3N3O2/c1-19-4-5-21-8-10-38(30(21)11-19)18-26(39)15-23(12-20-13-24(33)17-25(34)14-20)31-27(3-2-9-37-31)22-6-7-29(35)28(16-22)32(36)40/h2-11,13-14,16-17,23H,12,15,18H2,1H3,(H2,36,40)/t23-/m1/s1. The summed E-state index contributed by atoms with van der Waals surface area (Å²) in [6, 6.07) is 18.6. The van der Waals surface area contributed by atoms with Gasteiger partial charge in [0.25, 0.3) is 5.91 Å². The summed E-state index contributed by atoms with van der Waals surface area (Å²) < 4.78 is 44.2. The third-order valence-corrected chi connectivity index (χ3v) is 6.92. The number of carbonyl (C=O) groups is 2. The molecule has 5 rings (SSSR count). The fourth-order valence-corrected chi connectivity index (χ4v) is 5.11. The van der Waals surface area contributed by atoms with Gasteiger partial charge in [0.15, 0.2) is 5.78 Å². The molecule has 1 atom stereocenters. The van der Waals surface area contributed by atoms with Crippen LogP contribution in [-0.2, 0) is 17.8 Å². The zero-order valence-corrected chi connectivity index (χ0v) is 21.7. The Bertz CT molecular complexity index is 1730. The number of rotatable bonds is 9. The lowest BCUT2D eigenvalue weighted by Crippen LogP contribution is -2.17. The molecule has 2 heterocycles. The summed E-state index contributed by atoms with van der Waals surface area (Å²) in [7, 11) is 0. The summed E-state index contributed by atoms with van der Waals surface area (Å²) in [6.45, 7) is 2.08. The van der Waals surface area contributed by atoms with Gasteiger partial charge in [0.2, 0.25) is 0 Å². The van der Waals surface area contributed by atoms with E-state index in [1.807, 2.05) is 42.0 Å². The smallest absolute Gasteiger partial charge is 0.251 e. The third kappa shape index (κ3) is 5.81. The number of hydrogen-bond acceptors (Lipinski definition) is 3. The van der Waals surface area contributed by atoms with Gasteiger partial charge in [0.1, 0.15) is 17.5 Å². The Labute approximate surface area is 229 Å². The van der Waals surface area contributed by atoms with E-state index < -0.39 is 29.3 Å². The molecule has 0 spiro atoms. The normalized spacial score (nSPS) is 12.0. The molecule has 2 N–H and O–H groups in total. The number of aromatic nitrogens is 2. The van der Waals surface area contributed by atoms with Crippen LogP contribution in [0.3, 0.4) is 0 Å². The summed E-state index contributed by atoms with van der Waals surface area (Å²) in [5.41, 5.74) is 8.97. The van der Waals surface area contributed by atoms with Crippen LogP contribution in [0.25, 0.3) is 22.0 Å². The molecule has 0 saturated carbocycles. The van der Waals surface area contributed by atoms with Crippen molar-refractivity contribution < 1.29 is 22.8 Å². The number of pyridine rings is 1. The minimum Gasteiger partial charge on any atom is -0.366 e. The van der Waals surface area contributed by atoms with Crippen LogP contribution in [0.5, 0.6) is 0 Å². The number of nitrogens with zero attached hydrogens (tertiary/aromatic N) is 2. The molecule has 0 bridgehead atoms. The first-order valence-corrected chi connectivity index (χ1v) is 12.7. The van der Waals surface area contributed by atoms with E-state index in [9.17, 15) is 22.8 Å². The number of Topliss-reactive ketones (excluding diaryl/α,β-unsaturated/α-hetero) is 1. The molecule has 2 aromatic heterocycles. The lowest BCUT2D eigenvalue weighted by atomic mass is 9.86. The highest BCUT2D eigenvalue weighted by atomic mass is 19.1. The number of benzene rings is 3. The van der Waals surface area contributed by atoms with Crippen molar-refractivity contribution in [1.29, 1.82) is 0 Å². The van der Waals surface area contributed by atoms with Crippen molar-refractivity contribution in [2.24, 2.45) is 5.73 Å². The number of nitrogens with two attached hydrogens (primary N) is 1. The van der Waals surface area contributed by atoms with Crippen molar-refractivity contribution in [3.05, 3.63) is 125 Å². The van der Waals surface area contributed by atoms with Gasteiger partial charge >= 0.3 is 0 Å². The lowest BCUT2D eigenvalue weighted by Gasteiger charge is -2.20. The molecule has 5 aromatic rings. The second-order valence-electron chi connectivity index (χ2n) is 9.92. The summed E-state index contributed by atoms with van der Waals surface area (Å²) in [4.78, 5) is 29.8. The van der Waals surface area contributed by atoms with E-state index in [1.165, 1.54) is 24.3 Å². The average Bonchev–Trinajstić information content (AvgIpc) is 3.29. The first kappa shape index (κ1) is 26.9. The monoisotopic (exact) mass is 541 g/mol.